The van der Waals surface area contributed by atoms with Crippen LogP contribution in [0.4, 0.5) is 0 Å². The maximum atomic E-state index is 12.6. The van der Waals surface area contributed by atoms with Crippen molar-refractivity contribution in [1.29, 1.82) is 0 Å². The van der Waals surface area contributed by atoms with Gasteiger partial charge in [-0.1, -0.05) is 53.5 Å². The molecule has 1 fully saturated rings. The van der Waals surface area contributed by atoms with Crippen molar-refractivity contribution in [2.45, 2.75) is 38.3 Å². The summed E-state index contributed by atoms with van der Waals surface area (Å²) in [5.41, 5.74) is 0.768. The molecule has 2 amide bonds. The number of rotatable bonds is 9. The summed E-state index contributed by atoms with van der Waals surface area (Å²) in [7, 11) is 0. The summed E-state index contributed by atoms with van der Waals surface area (Å²) in [4.78, 5) is 26.5. The van der Waals surface area contributed by atoms with Gasteiger partial charge in [0.25, 0.3) is 0 Å². The van der Waals surface area contributed by atoms with Crippen LogP contribution in [0, 0.1) is 0 Å². The molecule has 2 aromatic carbocycles. The number of nitrogens with zero attached hydrogens (tertiary/aromatic N) is 1. The predicted octanol–water partition coefficient (Wildman–Crippen LogP) is 4.22. The van der Waals surface area contributed by atoms with Gasteiger partial charge < -0.3 is 20.3 Å². The zero-order chi connectivity index (χ0) is 22.9. The minimum Gasteiger partial charge on any atom is -0.490 e. The zero-order valence-corrected chi connectivity index (χ0v) is 19.7. The van der Waals surface area contributed by atoms with Crippen LogP contribution in [0.5, 0.6) is 5.75 Å². The van der Waals surface area contributed by atoms with Gasteiger partial charge in [0, 0.05) is 32.6 Å². The Hall–Kier alpha value is -2.28. The number of hydrogen-bond acceptors (Lipinski definition) is 4. The largest absolute Gasteiger partial charge is 0.490 e. The van der Waals surface area contributed by atoms with Crippen molar-refractivity contribution in [2.75, 3.05) is 26.2 Å². The lowest BCUT2D eigenvalue weighted by molar-refractivity contribution is -0.128. The molecule has 0 radical (unpaired) electrons. The molecule has 0 aliphatic carbocycles. The number of benzene rings is 2. The van der Waals surface area contributed by atoms with Gasteiger partial charge in [-0.15, -0.1) is 0 Å². The number of likely N-dealkylation sites (tertiary alicyclic amines) is 1. The summed E-state index contributed by atoms with van der Waals surface area (Å²) in [6.45, 7) is 4.76. The number of carbonyl (C=O) groups is 2. The maximum absolute atomic E-state index is 12.6. The first-order valence-electron chi connectivity index (χ1n) is 10.9. The van der Waals surface area contributed by atoms with E-state index < -0.39 is 6.04 Å². The molecule has 0 unspecified atom stereocenters. The standard InChI is InChI=1S/C24H29Cl2N3O3/c1-17(30)28-23(18-6-3-2-4-7-18)24(31)27-12-5-13-29-14-10-19(11-15-29)32-20-8-9-21(25)22(26)16-20/h2-4,6-9,16,19,23H,5,10-15H2,1H3,(H,27,31)(H,28,30)/t23-/m0/s1. The van der Waals surface area contributed by atoms with E-state index in [4.69, 9.17) is 27.9 Å². The Morgan fingerprint density at radius 2 is 1.81 bits per heavy atom. The quantitative estimate of drug-likeness (QED) is 0.530. The summed E-state index contributed by atoms with van der Waals surface area (Å²) < 4.78 is 6.04. The zero-order valence-electron chi connectivity index (χ0n) is 18.2. The summed E-state index contributed by atoms with van der Waals surface area (Å²) in [6.07, 6.45) is 2.87. The number of hydrogen-bond donors (Lipinski definition) is 2. The smallest absolute Gasteiger partial charge is 0.247 e. The van der Waals surface area contributed by atoms with Crippen molar-refractivity contribution in [1.82, 2.24) is 15.5 Å². The van der Waals surface area contributed by atoms with Crippen molar-refractivity contribution >= 4 is 35.0 Å². The topological polar surface area (TPSA) is 70.7 Å². The average Bonchev–Trinajstić information content (AvgIpc) is 2.79. The number of carbonyl (C=O) groups excluding carboxylic acids is 2. The molecule has 0 bridgehead atoms. The Bertz CT molecular complexity index is 903. The molecule has 0 aromatic heterocycles. The first-order chi connectivity index (χ1) is 15.4. The highest BCUT2D eigenvalue weighted by Crippen LogP contribution is 2.28. The number of nitrogens with one attached hydrogen (secondary N) is 2. The van der Waals surface area contributed by atoms with E-state index in [1.54, 1.807) is 12.1 Å². The van der Waals surface area contributed by atoms with Crippen molar-refractivity contribution in [3.63, 3.8) is 0 Å². The third-order valence-corrected chi connectivity index (χ3v) is 6.16. The molecule has 3 rings (SSSR count). The summed E-state index contributed by atoms with van der Waals surface area (Å²) in [5.74, 6) is 0.313. The third-order valence-electron chi connectivity index (χ3n) is 5.42. The molecule has 8 heteroatoms. The highest BCUT2D eigenvalue weighted by Gasteiger charge is 2.22. The summed E-state index contributed by atoms with van der Waals surface area (Å²) in [5, 5.41) is 6.69. The minimum atomic E-state index is -0.678. The number of piperidine rings is 1. The van der Waals surface area contributed by atoms with E-state index in [2.05, 4.69) is 15.5 Å². The SMILES string of the molecule is CC(=O)N[C@H](C(=O)NCCCN1CCC(Oc2ccc(Cl)c(Cl)c2)CC1)c1ccccc1. The van der Waals surface area contributed by atoms with E-state index in [-0.39, 0.29) is 17.9 Å². The maximum Gasteiger partial charge on any atom is 0.247 e. The summed E-state index contributed by atoms with van der Waals surface area (Å²) in [6, 6.07) is 13.9. The van der Waals surface area contributed by atoms with E-state index in [1.165, 1.54) is 6.92 Å². The van der Waals surface area contributed by atoms with Gasteiger partial charge in [-0.05, 0) is 43.5 Å². The second-order valence-electron chi connectivity index (χ2n) is 7.92. The molecule has 1 atom stereocenters. The van der Waals surface area contributed by atoms with Crippen LogP contribution in [0.25, 0.3) is 0 Å². The molecule has 1 aliphatic rings. The van der Waals surface area contributed by atoms with Crippen LogP contribution in [0.2, 0.25) is 10.0 Å². The molecule has 0 saturated carbocycles. The molecule has 32 heavy (non-hydrogen) atoms. The number of ether oxygens (including phenoxy) is 1. The van der Waals surface area contributed by atoms with Gasteiger partial charge in [0.1, 0.15) is 17.9 Å². The van der Waals surface area contributed by atoms with Gasteiger partial charge in [-0.25, -0.2) is 0 Å². The number of halogens is 2. The van der Waals surface area contributed by atoms with Crippen LogP contribution >= 0.6 is 23.2 Å². The van der Waals surface area contributed by atoms with Crippen molar-refractivity contribution in [3.05, 3.63) is 64.1 Å². The molecular weight excluding hydrogens is 449 g/mol. The monoisotopic (exact) mass is 477 g/mol. The second kappa shape index (κ2) is 12.1. The Kier molecular flexibility index (Phi) is 9.21. The molecular formula is C24H29Cl2N3O3. The van der Waals surface area contributed by atoms with Crippen LogP contribution in [-0.2, 0) is 9.59 Å². The lowest BCUT2D eigenvalue weighted by Crippen LogP contribution is -2.41. The molecule has 0 spiro atoms. The molecule has 2 N–H and O–H groups in total. The van der Waals surface area contributed by atoms with Crippen LogP contribution in [0.15, 0.2) is 48.5 Å². The normalized spacial score (nSPS) is 15.7. The van der Waals surface area contributed by atoms with Gasteiger partial charge >= 0.3 is 0 Å². The first-order valence-corrected chi connectivity index (χ1v) is 11.6. The van der Waals surface area contributed by atoms with Gasteiger partial charge in [0.05, 0.1) is 10.0 Å². The fourth-order valence-corrected chi connectivity index (χ4v) is 4.05. The fourth-order valence-electron chi connectivity index (χ4n) is 3.76. The van der Waals surface area contributed by atoms with Crippen molar-refractivity contribution in [3.8, 4) is 5.75 Å². The molecule has 1 saturated heterocycles. The van der Waals surface area contributed by atoms with E-state index in [9.17, 15) is 9.59 Å². The van der Waals surface area contributed by atoms with Crippen LogP contribution in [0.3, 0.4) is 0 Å². The average molecular weight is 478 g/mol. The molecule has 2 aromatic rings. The first kappa shape index (κ1) is 24.4. The fraction of sp³-hybridized carbons (Fsp3) is 0.417. The molecule has 1 aliphatic heterocycles. The Morgan fingerprint density at radius 1 is 1.09 bits per heavy atom. The van der Waals surface area contributed by atoms with Gasteiger partial charge in [0.15, 0.2) is 0 Å². The second-order valence-corrected chi connectivity index (χ2v) is 8.74. The van der Waals surface area contributed by atoms with Crippen LogP contribution in [-0.4, -0.2) is 49.0 Å². The van der Waals surface area contributed by atoms with E-state index in [0.29, 0.717) is 16.6 Å². The van der Waals surface area contributed by atoms with E-state index in [0.717, 1.165) is 50.2 Å². The van der Waals surface area contributed by atoms with Gasteiger partial charge in [-0.3, -0.25) is 9.59 Å². The lowest BCUT2D eigenvalue weighted by Gasteiger charge is -2.32. The highest BCUT2D eigenvalue weighted by atomic mass is 35.5. The van der Waals surface area contributed by atoms with E-state index >= 15 is 0 Å². The Balaban J connectivity index is 1.37. The third kappa shape index (κ3) is 7.40. The number of amides is 2. The van der Waals surface area contributed by atoms with Crippen molar-refractivity contribution in [2.24, 2.45) is 0 Å². The predicted molar refractivity (Wildman–Crippen MR) is 127 cm³/mol. The molecule has 6 nitrogen and oxygen atoms in total. The Morgan fingerprint density at radius 3 is 2.47 bits per heavy atom. The van der Waals surface area contributed by atoms with Gasteiger partial charge in [0.2, 0.25) is 11.8 Å². The molecule has 1 heterocycles. The Labute approximate surface area is 199 Å². The summed E-state index contributed by atoms with van der Waals surface area (Å²) >= 11 is 12.0. The van der Waals surface area contributed by atoms with Crippen LogP contribution < -0.4 is 15.4 Å². The van der Waals surface area contributed by atoms with Crippen LogP contribution in [0.1, 0.15) is 37.8 Å². The lowest BCUT2D eigenvalue weighted by atomic mass is 10.1. The van der Waals surface area contributed by atoms with Gasteiger partial charge in [-0.2, -0.15) is 0 Å². The molecule has 172 valence electrons. The van der Waals surface area contributed by atoms with Crippen molar-refractivity contribution < 1.29 is 14.3 Å². The highest BCUT2D eigenvalue weighted by molar-refractivity contribution is 6.42. The van der Waals surface area contributed by atoms with E-state index in [1.807, 2.05) is 36.4 Å². The minimum absolute atomic E-state index is 0.160.